The molecule has 2 amide bonds. The van der Waals surface area contributed by atoms with Crippen molar-refractivity contribution < 1.29 is 37.4 Å². The maximum absolute atomic E-state index is 14.7. The summed E-state index contributed by atoms with van der Waals surface area (Å²) >= 11 is 0. The van der Waals surface area contributed by atoms with Crippen LogP contribution in [0.5, 0.6) is 5.75 Å². The van der Waals surface area contributed by atoms with Gasteiger partial charge in [-0.15, -0.1) is 0 Å². The molecule has 0 radical (unpaired) electrons. The Labute approximate surface area is 201 Å². The van der Waals surface area contributed by atoms with Crippen molar-refractivity contribution in [3.63, 3.8) is 0 Å². The molecule has 0 aliphatic carbocycles. The first kappa shape index (κ1) is 26.3. The molecule has 1 aliphatic rings. The Balaban J connectivity index is 1.93. The van der Waals surface area contributed by atoms with Gasteiger partial charge in [-0.05, 0) is 47.0 Å². The van der Waals surface area contributed by atoms with Crippen LogP contribution in [-0.4, -0.2) is 49.0 Å². The zero-order valence-electron chi connectivity index (χ0n) is 19.6. The van der Waals surface area contributed by atoms with Crippen molar-refractivity contribution >= 4 is 36.7 Å². The fourth-order valence-corrected chi connectivity index (χ4v) is 5.47. The van der Waals surface area contributed by atoms with Gasteiger partial charge in [-0.3, -0.25) is 14.4 Å². The van der Waals surface area contributed by atoms with Crippen LogP contribution in [-0.2, 0) is 20.8 Å². The number of carboxylic acids is 1. The number of fused-ring (bicyclic) bond motifs is 1. The fourth-order valence-electron chi connectivity index (χ4n) is 4.10. The van der Waals surface area contributed by atoms with Gasteiger partial charge in [0.2, 0.25) is 5.91 Å². The normalized spacial score (nSPS) is 15.5. The van der Waals surface area contributed by atoms with Crippen LogP contribution in [0.15, 0.2) is 36.4 Å². The summed E-state index contributed by atoms with van der Waals surface area (Å²) in [5.74, 6) is -2.83. The molecule has 1 aliphatic heterocycles. The number of halogens is 3. The van der Waals surface area contributed by atoms with Gasteiger partial charge in [-0.2, -0.15) is 8.78 Å². The van der Waals surface area contributed by atoms with Crippen LogP contribution >= 0.6 is 0 Å². The number of rotatable bonds is 8. The van der Waals surface area contributed by atoms with E-state index in [0.717, 1.165) is 0 Å². The molecule has 2 N–H and O–H groups in total. The third kappa shape index (κ3) is 6.41. The van der Waals surface area contributed by atoms with E-state index in [2.05, 4.69) is 10.1 Å². The standard InChI is InChI=1S/C24H27F3N2O5Si/c1-35(2,3)19-7-4-15(13-18(19)25)28-23(33)22-17-6-5-16(34-24(26)27)12-14(17)10-11-29(22)20(30)8-9-21(31)32/h4-7,12-13,22,24H,8-11H2,1-3H3,(H,28,33)(H,31,32). The van der Waals surface area contributed by atoms with Crippen molar-refractivity contribution in [2.45, 2.75) is 51.6 Å². The second kappa shape index (κ2) is 10.5. The van der Waals surface area contributed by atoms with Crippen LogP contribution in [0.1, 0.15) is 30.0 Å². The molecule has 0 bridgehead atoms. The minimum atomic E-state index is -3.01. The van der Waals surface area contributed by atoms with Crippen LogP contribution in [0.3, 0.4) is 0 Å². The van der Waals surface area contributed by atoms with Crippen molar-refractivity contribution in [3.05, 3.63) is 53.3 Å². The molecule has 1 unspecified atom stereocenters. The van der Waals surface area contributed by atoms with Gasteiger partial charge in [-0.1, -0.05) is 31.8 Å². The molecule has 0 fully saturated rings. The smallest absolute Gasteiger partial charge is 0.387 e. The number of ether oxygens (including phenoxy) is 1. The van der Waals surface area contributed by atoms with E-state index in [1.165, 1.54) is 29.2 Å². The number of carboxylic acid groups (broad SMARTS) is 1. The van der Waals surface area contributed by atoms with Crippen molar-refractivity contribution in [2.75, 3.05) is 11.9 Å². The van der Waals surface area contributed by atoms with Gasteiger partial charge in [0, 0.05) is 18.7 Å². The topological polar surface area (TPSA) is 95.9 Å². The van der Waals surface area contributed by atoms with E-state index in [-0.39, 0.29) is 30.8 Å². The lowest BCUT2D eigenvalue weighted by Gasteiger charge is -2.36. The van der Waals surface area contributed by atoms with Crippen LogP contribution in [0.25, 0.3) is 0 Å². The third-order valence-electron chi connectivity index (χ3n) is 5.73. The monoisotopic (exact) mass is 508 g/mol. The number of benzene rings is 2. The summed E-state index contributed by atoms with van der Waals surface area (Å²) < 4.78 is 44.4. The predicted octanol–water partition coefficient (Wildman–Crippen LogP) is 3.90. The number of carbonyl (C=O) groups is 3. The lowest BCUT2D eigenvalue weighted by Crippen LogP contribution is -2.45. The summed E-state index contributed by atoms with van der Waals surface area (Å²) in [6, 6.07) is 7.40. The van der Waals surface area contributed by atoms with Gasteiger partial charge in [0.15, 0.2) is 0 Å². The van der Waals surface area contributed by atoms with Gasteiger partial charge in [0.05, 0.1) is 14.5 Å². The van der Waals surface area contributed by atoms with Crippen LogP contribution in [0.2, 0.25) is 19.6 Å². The highest BCUT2D eigenvalue weighted by atomic mass is 28.3. The molecule has 0 spiro atoms. The average Bonchev–Trinajstić information content (AvgIpc) is 2.75. The lowest BCUT2D eigenvalue weighted by molar-refractivity contribution is -0.143. The van der Waals surface area contributed by atoms with Gasteiger partial charge < -0.3 is 20.1 Å². The highest BCUT2D eigenvalue weighted by Gasteiger charge is 2.36. The zero-order chi connectivity index (χ0) is 25.9. The minimum absolute atomic E-state index is 0.0740. The van der Waals surface area contributed by atoms with E-state index in [9.17, 15) is 27.6 Å². The fraction of sp³-hybridized carbons (Fsp3) is 0.375. The highest BCUT2D eigenvalue weighted by molar-refractivity contribution is 6.88. The van der Waals surface area contributed by atoms with Crippen LogP contribution in [0, 0.1) is 5.82 Å². The Morgan fingerprint density at radius 3 is 2.46 bits per heavy atom. The predicted molar refractivity (Wildman–Crippen MR) is 126 cm³/mol. The van der Waals surface area contributed by atoms with E-state index < -0.39 is 50.7 Å². The highest BCUT2D eigenvalue weighted by Crippen LogP contribution is 2.34. The molecule has 3 rings (SSSR count). The Kier molecular flexibility index (Phi) is 7.89. The molecule has 35 heavy (non-hydrogen) atoms. The summed E-state index contributed by atoms with van der Waals surface area (Å²) in [4.78, 5) is 38.4. The molecule has 2 aromatic carbocycles. The van der Waals surface area contributed by atoms with E-state index in [0.29, 0.717) is 16.3 Å². The molecular weight excluding hydrogens is 481 g/mol. The molecule has 11 heteroatoms. The number of nitrogens with one attached hydrogen (secondary N) is 1. The lowest BCUT2D eigenvalue weighted by atomic mass is 9.91. The third-order valence-corrected chi connectivity index (χ3v) is 7.76. The quantitative estimate of drug-likeness (QED) is 0.528. The molecule has 1 atom stereocenters. The van der Waals surface area contributed by atoms with E-state index in [1.807, 2.05) is 19.6 Å². The number of alkyl halides is 2. The van der Waals surface area contributed by atoms with Crippen LogP contribution in [0.4, 0.5) is 18.9 Å². The summed E-state index contributed by atoms with van der Waals surface area (Å²) in [6.45, 7) is 3.04. The summed E-state index contributed by atoms with van der Waals surface area (Å²) in [5, 5.41) is 12.2. The Morgan fingerprint density at radius 2 is 1.86 bits per heavy atom. The zero-order valence-corrected chi connectivity index (χ0v) is 20.6. The number of carbonyl (C=O) groups excluding carboxylic acids is 2. The first-order valence-corrected chi connectivity index (χ1v) is 14.6. The molecule has 188 valence electrons. The number of aliphatic carboxylic acids is 1. The Hall–Kier alpha value is -3.34. The van der Waals surface area contributed by atoms with Gasteiger partial charge >= 0.3 is 12.6 Å². The average molecular weight is 509 g/mol. The first-order valence-electron chi connectivity index (χ1n) is 11.1. The molecule has 7 nitrogen and oxygen atoms in total. The largest absolute Gasteiger partial charge is 0.481 e. The number of nitrogens with zero attached hydrogens (tertiary/aromatic N) is 1. The van der Waals surface area contributed by atoms with E-state index >= 15 is 0 Å². The maximum Gasteiger partial charge on any atom is 0.387 e. The molecular formula is C24H27F3N2O5Si. The number of amides is 2. The Bertz CT molecular complexity index is 1140. The number of anilines is 1. The molecule has 0 saturated carbocycles. The van der Waals surface area contributed by atoms with Crippen molar-refractivity contribution in [1.29, 1.82) is 0 Å². The molecule has 2 aromatic rings. The maximum atomic E-state index is 14.7. The number of hydrogen-bond donors (Lipinski definition) is 2. The second-order valence-electron chi connectivity index (χ2n) is 9.31. The number of hydrogen-bond acceptors (Lipinski definition) is 4. The van der Waals surface area contributed by atoms with Gasteiger partial charge in [-0.25, -0.2) is 4.39 Å². The Morgan fingerprint density at radius 1 is 1.14 bits per heavy atom. The minimum Gasteiger partial charge on any atom is -0.481 e. The van der Waals surface area contributed by atoms with E-state index in [4.69, 9.17) is 5.11 Å². The van der Waals surface area contributed by atoms with E-state index in [1.54, 1.807) is 12.1 Å². The summed E-state index contributed by atoms with van der Waals surface area (Å²) in [6.07, 6.45) is -0.445. The van der Waals surface area contributed by atoms with Gasteiger partial charge in [0.25, 0.3) is 5.91 Å². The summed E-state index contributed by atoms with van der Waals surface area (Å²) in [7, 11) is -1.94. The van der Waals surface area contributed by atoms with Gasteiger partial charge in [0.1, 0.15) is 17.6 Å². The summed E-state index contributed by atoms with van der Waals surface area (Å²) in [5.41, 5.74) is 1.15. The van der Waals surface area contributed by atoms with Crippen molar-refractivity contribution in [3.8, 4) is 5.75 Å². The van der Waals surface area contributed by atoms with Crippen LogP contribution < -0.4 is 15.2 Å². The molecule has 0 saturated heterocycles. The SMILES string of the molecule is C[Si](C)(C)c1ccc(NC(=O)C2c3ccc(OC(F)F)cc3CCN2C(=O)CCC(=O)O)cc1F. The molecule has 0 aromatic heterocycles. The van der Waals surface area contributed by atoms with Crippen molar-refractivity contribution in [1.82, 2.24) is 4.90 Å². The molecule has 1 heterocycles. The van der Waals surface area contributed by atoms with Crippen molar-refractivity contribution in [2.24, 2.45) is 0 Å². The second-order valence-corrected chi connectivity index (χ2v) is 14.3. The first-order chi connectivity index (χ1) is 16.4.